The second-order valence-electron chi connectivity index (χ2n) is 3.96. The van der Waals surface area contributed by atoms with Crippen molar-refractivity contribution < 1.29 is 24.2 Å². The van der Waals surface area contributed by atoms with E-state index in [1.54, 1.807) is 6.92 Å². The number of fused-ring (bicyclic) bond motifs is 1. The molecule has 0 atom stereocenters. The summed E-state index contributed by atoms with van der Waals surface area (Å²) in [6.07, 6.45) is 1.41. The predicted octanol–water partition coefficient (Wildman–Crippen LogP) is 1.96. The Balaban J connectivity index is 2.80. The molecular formula is C14H13O5. The molecule has 0 unspecified atom stereocenters. The second-order valence-corrected chi connectivity index (χ2v) is 3.96. The van der Waals surface area contributed by atoms with Crippen molar-refractivity contribution in [3.8, 4) is 11.5 Å². The van der Waals surface area contributed by atoms with Crippen molar-refractivity contribution in [2.24, 2.45) is 0 Å². The van der Waals surface area contributed by atoms with Gasteiger partial charge in [-0.1, -0.05) is 6.92 Å². The molecule has 1 aromatic carbocycles. The summed E-state index contributed by atoms with van der Waals surface area (Å²) in [4.78, 5) is 23.9. The molecule has 0 spiro atoms. The first-order valence-corrected chi connectivity index (χ1v) is 5.63. The van der Waals surface area contributed by atoms with Crippen LogP contribution in [0.4, 0.5) is 0 Å². The molecule has 0 saturated heterocycles. The van der Waals surface area contributed by atoms with E-state index in [4.69, 9.17) is 9.47 Å². The molecule has 1 N–H and O–H groups in total. The average molecular weight is 261 g/mol. The van der Waals surface area contributed by atoms with Crippen LogP contribution in [0, 0.1) is 6.42 Å². The van der Waals surface area contributed by atoms with Crippen molar-refractivity contribution in [3.63, 3.8) is 0 Å². The number of ketones is 2. The van der Waals surface area contributed by atoms with Gasteiger partial charge >= 0.3 is 0 Å². The van der Waals surface area contributed by atoms with Crippen molar-refractivity contribution >= 4 is 17.3 Å². The van der Waals surface area contributed by atoms with E-state index in [1.165, 1.54) is 32.8 Å². The number of hydrogen-bond acceptors (Lipinski definition) is 5. The molecule has 19 heavy (non-hydrogen) atoms. The van der Waals surface area contributed by atoms with Crippen LogP contribution >= 0.6 is 0 Å². The molecule has 0 saturated carbocycles. The first kappa shape index (κ1) is 13.1. The Bertz CT molecular complexity index is 598. The number of aliphatic hydroxyl groups is 1. The van der Waals surface area contributed by atoms with Gasteiger partial charge in [0.25, 0.3) is 0 Å². The first-order valence-electron chi connectivity index (χ1n) is 5.63. The normalized spacial score (nSPS) is 14.5. The summed E-state index contributed by atoms with van der Waals surface area (Å²) in [5.74, 6) is -1.04. The van der Waals surface area contributed by atoms with Crippen molar-refractivity contribution in [2.75, 3.05) is 14.2 Å². The van der Waals surface area contributed by atoms with E-state index in [9.17, 15) is 14.7 Å². The van der Waals surface area contributed by atoms with Crippen LogP contribution < -0.4 is 9.47 Å². The third-order valence-electron chi connectivity index (χ3n) is 3.01. The Hall–Kier alpha value is -2.30. The number of ether oxygens (including phenoxy) is 2. The van der Waals surface area contributed by atoms with Gasteiger partial charge in [0.15, 0.2) is 0 Å². The second kappa shape index (κ2) is 4.76. The molecule has 0 amide bonds. The summed E-state index contributed by atoms with van der Waals surface area (Å²) in [5, 5.41) is 10.1. The summed E-state index contributed by atoms with van der Waals surface area (Å²) < 4.78 is 10.2. The van der Waals surface area contributed by atoms with Crippen LogP contribution in [0.25, 0.3) is 5.76 Å². The van der Waals surface area contributed by atoms with Crippen molar-refractivity contribution in [2.45, 2.75) is 6.92 Å². The molecule has 0 heterocycles. The fraction of sp³-hybridized carbons (Fsp3) is 0.214. The summed E-state index contributed by atoms with van der Waals surface area (Å²) in [5.41, 5.74) is 0.304. The maximum atomic E-state index is 12.1. The predicted molar refractivity (Wildman–Crippen MR) is 68.4 cm³/mol. The fourth-order valence-electron chi connectivity index (χ4n) is 2.05. The highest BCUT2D eigenvalue weighted by atomic mass is 16.5. The average Bonchev–Trinajstić information content (AvgIpc) is 2.44. The van der Waals surface area contributed by atoms with Crippen molar-refractivity contribution in [1.82, 2.24) is 0 Å². The highest BCUT2D eigenvalue weighted by Crippen LogP contribution is 2.37. The molecule has 5 heteroatoms. The molecule has 1 aliphatic carbocycles. The van der Waals surface area contributed by atoms with Crippen LogP contribution in [0.3, 0.4) is 0 Å². The lowest BCUT2D eigenvalue weighted by Gasteiger charge is -2.20. The lowest BCUT2D eigenvalue weighted by Crippen LogP contribution is -2.24. The van der Waals surface area contributed by atoms with Gasteiger partial charge in [0.05, 0.1) is 19.8 Å². The van der Waals surface area contributed by atoms with E-state index >= 15 is 0 Å². The number of hydrogen-bond donors (Lipinski definition) is 1. The fourth-order valence-corrected chi connectivity index (χ4v) is 2.05. The first-order chi connectivity index (χ1) is 9.04. The molecule has 0 bridgehead atoms. The van der Waals surface area contributed by atoms with Gasteiger partial charge in [-0.2, -0.15) is 0 Å². The van der Waals surface area contributed by atoms with Gasteiger partial charge in [-0.25, -0.2) is 0 Å². The molecule has 1 radical (unpaired) electrons. The van der Waals surface area contributed by atoms with Gasteiger partial charge in [0.1, 0.15) is 17.3 Å². The van der Waals surface area contributed by atoms with Crippen LogP contribution in [0.5, 0.6) is 11.5 Å². The molecule has 99 valence electrons. The van der Waals surface area contributed by atoms with Gasteiger partial charge in [0.2, 0.25) is 11.6 Å². The molecule has 1 aliphatic rings. The van der Waals surface area contributed by atoms with Crippen LogP contribution in [-0.2, 0) is 4.79 Å². The van der Waals surface area contributed by atoms with Gasteiger partial charge in [-0.3, -0.25) is 9.59 Å². The van der Waals surface area contributed by atoms with Crippen molar-refractivity contribution in [1.29, 1.82) is 0 Å². The zero-order chi connectivity index (χ0) is 14.2. The Morgan fingerprint density at radius 3 is 2.32 bits per heavy atom. The number of methoxy groups -OCH3 is 2. The largest absolute Gasteiger partial charge is 0.507 e. The number of carbonyl (C=O) groups is 2. The standard InChI is InChI=1S/C14H13O5/c1-4-8-12(15)9-5-7(18-2)6-10(19-3)11(9)14(17)13(8)16/h4-6,15H,1-3H3. The zero-order valence-electron chi connectivity index (χ0n) is 10.8. The lowest BCUT2D eigenvalue weighted by atomic mass is 9.86. The molecule has 0 aromatic heterocycles. The number of benzene rings is 1. The molecule has 0 fully saturated rings. The quantitative estimate of drug-likeness (QED) is 0.842. The van der Waals surface area contributed by atoms with E-state index < -0.39 is 11.6 Å². The summed E-state index contributed by atoms with van der Waals surface area (Å²) in [7, 11) is 2.85. The topological polar surface area (TPSA) is 72.8 Å². The third-order valence-corrected chi connectivity index (χ3v) is 3.01. The Morgan fingerprint density at radius 2 is 1.79 bits per heavy atom. The van der Waals surface area contributed by atoms with Crippen LogP contribution in [-0.4, -0.2) is 30.9 Å². The van der Waals surface area contributed by atoms with E-state index in [0.29, 0.717) is 5.75 Å². The van der Waals surface area contributed by atoms with Gasteiger partial charge < -0.3 is 14.6 Å². The maximum absolute atomic E-state index is 12.1. The summed E-state index contributed by atoms with van der Waals surface area (Å²) in [6.45, 7) is 1.58. The Morgan fingerprint density at radius 1 is 1.11 bits per heavy atom. The van der Waals surface area contributed by atoms with E-state index in [1.807, 2.05) is 0 Å². The number of Topliss-reactive ketones (excluding diaryl/α,β-unsaturated/α-hetero) is 2. The summed E-state index contributed by atoms with van der Waals surface area (Å²) in [6, 6.07) is 3.00. The number of allylic oxidation sites excluding steroid dienone is 1. The zero-order valence-corrected chi connectivity index (χ0v) is 10.8. The SMILES string of the molecule is C[CH]C1=C(O)c2cc(OC)cc(OC)c2C(=O)C1=O. The van der Waals surface area contributed by atoms with E-state index in [2.05, 4.69) is 0 Å². The van der Waals surface area contributed by atoms with E-state index in [0.717, 1.165) is 0 Å². The Labute approximate surface area is 110 Å². The Kier molecular flexibility index (Phi) is 3.29. The molecular weight excluding hydrogens is 248 g/mol. The molecule has 0 aliphatic heterocycles. The highest BCUT2D eigenvalue weighted by molar-refractivity contribution is 6.53. The van der Waals surface area contributed by atoms with Crippen LogP contribution in [0.2, 0.25) is 0 Å². The minimum absolute atomic E-state index is 0.00666. The monoisotopic (exact) mass is 261 g/mol. The lowest BCUT2D eigenvalue weighted by molar-refractivity contribution is -0.111. The molecule has 2 rings (SSSR count). The highest BCUT2D eigenvalue weighted by Gasteiger charge is 2.35. The molecule has 5 nitrogen and oxygen atoms in total. The van der Waals surface area contributed by atoms with Gasteiger partial charge in [-0.05, 0) is 12.5 Å². The number of rotatable bonds is 3. The van der Waals surface area contributed by atoms with Gasteiger partial charge in [0, 0.05) is 17.2 Å². The third kappa shape index (κ3) is 1.87. The number of carbonyl (C=O) groups excluding carboxylic acids is 2. The smallest absolute Gasteiger partial charge is 0.237 e. The van der Waals surface area contributed by atoms with Crippen LogP contribution in [0.1, 0.15) is 22.8 Å². The van der Waals surface area contributed by atoms with Crippen molar-refractivity contribution in [3.05, 3.63) is 35.3 Å². The maximum Gasteiger partial charge on any atom is 0.237 e. The van der Waals surface area contributed by atoms with E-state index in [-0.39, 0.29) is 28.2 Å². The van der Waals surface area contributed by atoms with Gasteiger partial charge in [-0.15, -0.1) is 0 Å². The summed E-state index contributed by atoms with van der Waals surface area (Å²) >= 11 is 0. The minimum Gasteiger partial charge on any atom is -0.507 e. The minimum atomic E-state index is -0.740. The molecule has 1 aromatic rings. The number of aliphatic hydroxyl groups excluding tert-OH is 1. The van der Waals surface area contributed by atoms with Crippen LogP contribution in [0.15, 0.2) is 17.7 Å².